The van der Waals surface area contributed by atoms with E-state index in [1.807, 2.05) is 12.1 Å². The monoisotopic (exact) mass is 300 g/mol. The Morgan fingerprint density at radius 1 is 1.24 bits per heavy atom. The zero-order valence-corrected chi connectivity index (χ0v) is 13.5. The Bertz CT molecular complexity index is 617. The number of nitrogens with zero attached hydrogens (tertiary/aromatic N) is 2. The lowest BCUT2D eigenvalue weighted by Gasteiger charge is -2.19. The van der Waals surface area contributed by atoms with Crippen LogP contribution in [-0.4, -0.2) is 11.6 Å². The Labute approximate surface area is 130 Å². The number of nitriles is 1. The number of benzene rings is 1. The van der Waals surface area contributed by atoms with Crippen LogP contribution in [0.4, 0.5) is 0 Å². The lowest BCUT2D eigenvalue weighted by molar-refractivity contribution is 0.321. The van der Waals surface area contributed by atoms with E-state index in [1.54, 1.807) is 17.5 Å². The average molecular weight is 300 g/mol. The normalized spacial score (nSPS) is 11.1. The van der Waals surface area contributed by atoms with E-state index in [0.29, 0.717) is 13.0 Å². The summed E-state index contributed by atoms with van der Waals surface area (Å²) in [5.41, 5.74) is 1.47. The molecule has 0 saturated heterocycles. The fourth-order valence-electron chi connectivity index (χ4n) is 1.93. The highest BCUT2D eigenvalue weighted by molar-refractivity contribution is 7.11. The maximum atomic E-state index is 8.64. The lowest BCUT2D eigenvalue weighted by atomic mass is 9.87. The van der Waals surface area contributed by atoms with Crippen molar-refractivity contribution in [3.8, 4) is 11.8 Å². The number of thiazole rings is 1. The molecule has 3 nitrogen and oxygen atoms in total. The van der Waals surface area contributed by atoms with Crippen LogP contribution in [0.1, 0.15) is 36.2 Å². The largest absolute Gasteiger partial charge is 0.493 e. The lowest BCUT2D eigenvalue weighted by Crippen LogP contribution is -2.10. The Kier molecular flexibility index (Phi) is 4.98. The molecule has 110 valence electrons. The maximum Gasteiger partial charge on any atom is 0.119 e. The molecule has 1 aromatic carbocycles. The van der Waals surface area contributed by atoms with Gasteiger partial charge in [0, 0.05) is 17.5 Å². The Balaban J connectivity index is 1.84. The third-order valence-electron chi connectivity index (χ3n) is 3.16. The molecule has 21 heavy (non-hydrogen) atoms. The molecule has 0 aliphatic carbocycles. The molecule has 0 fully saturated rings. The van der Waals surface area contributed by atoms with Crippen molar-refractivity contribution in [3.05, 3.63) is 45.9 Å². The number of hydrogen-bond acceptors (Lipinski definition) is 4. The summed E-state index contributed by atoms with van der Waals surface area (Å²) in [6, 6.07) is 10.4. The van der Waals surface area contributed by atoms with E-state index in [-0.39, 0.29) is 5.41 Å². The van der Waals surface area contributed by atoms with E-state index in [0.717, 1.165) is 22.1 Å². The number of hydrogen-bond donors (Lipinski definition) is 0. The Morgan fingerprint density at radius 3 is 2.57 bits per heavy atom. The van der Waals surface area contributed by atoms with E-state index >= 15 is 0 Å². The van der Waals surface area contributed by atoms with E-state index in [1.165, 1.54) is 5.56 Å². The topological polar surface area (TPSA) is 45.9 Å². The molecule has 0 amide bonds. The third kappa shape index (κ3) is 4.57. The summed E-state index contributed by atoms with van der Waals surface area (Å²) in [6.07, 6.45) is 2.99. The second-order valence-corrected chi connectivity index (χ2v) is 7.13. The molecule has 2 aromatic rings. The fourth-order valence-corrected chi connectivity index (χ4v) is 2.77. The predicted molar refractivity (Wildman–Crippen MR) is 85.8 cm³/mol. The van der Waals surface area contributed by atoms with Gasteiger partial charge >= 0.3 is 0 Å². The first-order valence-electron chi connectivity index (χ1n) is 7.03. The zero-order valence-electron chi connectivity index (χ0n) is 12.7. The molecule has 4 heteroatoms. The van der Waals surface area contributed by atoms with Gasteiger partial charge in [0.2, 0.25) is 0 Å². The molecule has 0 N–H and O–H groups in total. The minimum absolute atomic E-state index is 0.163. The summed E-state index contributed by atoms with van der Waals surface area (Å²) < 4.78 is 5.75. The second kappa shape index (κ2) is 6.73. The van der Waals surface area contributed by atoms with Gasteiger partial charge in [0.1, 0.15) is 5.75 Å². The molecule has 0 bridgehead atoms. The molecular weight excluding hydrogens is 280 g/mol. The average Bonchev–Trinajstić information content (AvgIpc) is 2.86. The van der Waals surface area contributed by atoms with Crippen molar-refractivity contribution in [2.24, 2.45) is 0 Å². The van der Waals surface area contributed by atoms with Crippen molar-refractivity contribution >= 4 is 11.3 Å². The summed E-state index contributed by atoms with van der Waals surface area (Å²) >= 11 is 1.58. The van der Waals surface area contributed by atoms with Crippen molar-refractivity contribution in [1.82, 2.24) is 4.98 Å². The van der Waals surface area contributed by atoms with Crippen LogP contribution in [0.25, 0.3) is 0 Å². The third-order valence-corrected chi connectivity index (χ3v) is 4.22. The Hall–Kier alpha value is -1.86. The van der Waals surface area contributed by atoms with Crippen molar-refractivity contribution in [2.45, 2.75) is 39.0 Å². The SMILES string of the molecule is CC(C)(C)c1ccc(OCCc2ncc(CC#N)s2)cc1. The summed E-state index contributed by atoms with van der Waals surface area (Å²) in [6.45, 7) is 7.20. The van der Waals surface area contributed by atoms with E-state index in [4.69, 9.17) is 10.00 Å². The van der Waals surface area contributed by atoms with Crippen LogP contribution in [0, 0.1) is 11.3 Å². The highest BCUT2D eigenvalue weighted by Crippen LogP contribution is 2.24. The maximum absolute atomic E-state index is 8.64. The molecule has 1 heterocycles. The van der Waals surface area contributed by atoms with Crippen LogP contribution in [0.15, 0.2) is 30.5 Å². The zero-order chi connectivity index (χ0) is 15.3. The minimum atomic E-state index is 0.163. The summed E-state index contributed by atoms with van der Waals surface area (Å²) in [7, 11) is 0. The number of ether oxygens (including phenoxy) is 1. The van der Waals surface area contributed by atoms with Gasteiger partial charge in [0.25, 0.3) is 0 Å². The first-order valence-corrected chi connectivity index (χ1v) is 7.84. The van der Waals surface area contributed by atoms with Crippen LogP contribution in [0.2, 0.25) is 0 Å². The van der Waals surface area contributed by atoms with Gasteiger partial charge in [-0.05, 0) is 23.1 Å². The van der Waals surface area contributed by atoms with E-state index in [9.17, 15) is 0 Å². The Morgan fingerprint density at radius 2 is 1.95 bits per heavy atom. The fraction of sp³-hybridized carbons (Fsp3) is 0.412. The van der Waals surface area contributed by atoms with Crippen LogP contribution >= 0.6 is 11.3 Å². The predicted octanol–water partition coefficient (Wildman–Crippen LogP) is 4.13. The van der Waals surface area contributed by atoms with Gasteiger partial charge in [0.15, 0.2) is 0 Å². The summed E-state index contributed by atoms with van der Waals surface area (Å²) in [4.78, 5) is 5.32. The molecule has 0 aliphatic heterocycles. The first kappa shape index (κ1) is 15.5. The highest BCUT2D eigenvalue weighted by atomic mass is 32.1. The van der Waals surface area contributed by atoms with Gasteiger partial charge in [0.05, 0.1) is 24.1 Å². The molecule has 0 atom stereocenters. The molecular formula is C17H20N2OS. The van der Waals surface area contributed by atoms with Gasteiger partial charge in [-0.1, -0.05) is 32.9 Å². The summed E-state index contributed by atoms with van der Waals surface area (Å²) in [5, 5.41) is 9.66. The summed E-state index contributed by atoms with van der Waals surface area (Å²) in [5.74, 6) is 0.886. The first-order chi connectivity index (χ1) is 9.99. The van der Waals surface area contributed by atoms with Crippen LogP contribution in [-0.2, 0) is 18.3 Å². The van der Waals surface area contributed by atoms with Crippen molar-refractivity contribution < 1.29 is 4.74 Å². The molecule has 0 spiro atoms. The molecule has 0 unspecified atom stereocenters. The van der Waals surface area contributed by atoms with Gasteiger partial charge in [-0.2, -0.15) is 5.26 Å². The van der Waals surface area contributed by atoms with Gasteiger partial charge in [-0.3, -0.25) is 0 Å². The molecule has 0 saturated carbocycles. The van der Waals surface area contributed by atoms with Crippen molar-refractivity contribution in [3.63, 3.8) is 0 Å². The van der Waals surface area contributed by atoms with Crippen LogP contribution < -0.4 is 4.74 Å². The second-order valence-electron chi connectivity index (χ2n) is 5.93. The van der Waals surface area contributed by atoms with Crippen LogP contribution in [0.5, 0.6) is 5.75 Å². The number of rotatable bonds is 5. The van der Waals surface area contributed by atoms with Crippen LogP contribution in [0.3, 0.4) is 0 Å². The highest BCUT2D eigenvalue weighted by Gasteiger charge is 2.12. The molecule has 0 radical (unpaired) electrons. The van der Waals surface area contributed by atoms with E-state index < -0.39 is 0 Å². The van der Waals surface area contributed by atoms with Gasteiger partial charge in [-0.15, -0.1) is 11.3 Å². The minimum Gasteiger partial charge on any atom is -0.493 e. The molecule has 0 aliphatic rings. The molecule has 1 aromatic heterocycles. The smallest absolute Gasteiger partial charge is 0.119 e. The van der Waals surface area contributed by atoms with Gasteiger partial charge < -0.3 is 4.74 Å². The standard InChI is InChI=1S/C17H20N2OS/c1-17(2,3)13-4-6-14(7-5-13)20-11-9-16-19-12-15(21-16)8-10-18/h4-7,12H,8-9,11H2,1-3H3. The van der Waals surface area contributed by atoms with Crippen molar-refractivity contribution in [2.75, 3.05) is 6.61 Å². The van der Waals surface area contributed by atoms with Gasteiger partial charge in [-0.25, -0.2) is 4.98 Å². The van der Waals surface area contributed by atoms with Crippen molar-refractivity contribution in [1.29, 1.82) is 5.26 Å². The quantitative estimate of drug-likeness (QED) is 0.834. The van der Waals surface area contributed by atoms with E-state index in [2.05, 4.69) is 44.0 Å². The molecule has 2 rings (SSSR count). The number of aromatic nitrogens is 1.